The Hall–Kier alpha value is -1.88. The van der Waals surface area contributed by atoms with Gasteiger partial charge in [-0.15, -0.1) is 17.8 Å². The molecule has 0 N–H and O–H groups in total. The lowest BCUT2D eigenvalue weighted by Crippen LogP contribution is -2.16. The number of thiophene rings is 1. The van der Waals surface area contributed by atoms with E-state index >= 15 is 0 Å². The van der Waals surface area contributed by atoms with Crippen LogP contribution in [0, 0.1) is 12.3 Å². The molecule has 7 heteroatoms. The summed E-state index contributed by atoms with van der Waals surface area (Å²) in [5, 5.41) is 0. The number of halogens is 1. The Morgan fingerprint density at radius 1 is 1.39 bits per heavy atom. The number of methoxy groups -OCH3 is 1. The molecule has 1 aromatic carbocycles. The van der Waals surface area contributed by atoms with Crippen LogP contribution < -0.4 is 9.54 Å². The van der Waals surface area contributed by atoms with Gasteiger partial charge < -0.3 is 9.30 Å². The van der Waals surface area contributed by atoms with Crippen LogP contribution in [0.3, 0.4) is 0 Å². The molecular formula is C16H11BrN2O2S2. The quantitative estimate of drug-likeness (QED) is 0.618. The summed E-state index contributed by atoms with van der Waals surface area (Å²) in [6.45, 7) is 0.320. The summed E-state index contributed by atoms with van der Waals surface area (Å²) in [5.74, 6) is 3.04. The summed E-state index contributed by atoms with van der Waals surface area (Å²) >= 11 is 6.12. The third kappa shape index (κ3) is 3.11. The molecule has 0 aliphatic carbocycles. The second-order valence-electron chi connectivity index (χ2n) is 4.50. The summed E-state index contributed by atoms with van der Waals surface area (Å²) in [7, 11) is 1.61. The van der Waals surface area contributed by atoms with Gasteiger partial charge in [-0.1, -0.05) is 23.3 Å². The summed E-state index contributed by atoms with van der Waals surface area (Å²) in [6, 6.07) is 9.31. The number of fused-ring (bicyclic) bond motifs is 1. The topological polar surface area (TPSA) is 43.6 Å². The summed E-state index contributed by atoms with van der Waals surface area (Å²) < 4.78 is 9.10. The van der Waals surface area contributed by atoms with Crippen LogP contribution in [0.25, 0.3) is 10.2 Å². The van der Waals surface area contributed by atoms with Gasteiger partial charge in [0.15, 0.2) is 4.80 Å². The van der Waals surface area contributed by atoms with E-state index in [1.165, 1.54) is 22.7 Å². The Labute approximate surface area is 149 Å². The first-order valence-electron chi connectivity index (χ1n) is 6.58. The van der Waals surface area contributed by atoms with Gasteiger partial charge in [-0.2, -0.15) is 4.99 Å². The maximum Gasteiger partial charge on any atom is 0.289 e. The van der Waals surface area contributed by atoms with Crippen molar-refractivity contribution in [1.82, 2.24) is 4.57 Å². The monoisotopic (exact) mass is 406 g/mol. The highest BCUT2D eigenvalue weighted by Gasteiger charge is 2.13. The summed E-state index contributed by atoms with van der Waals surface area (Å²) in [5.41, 5.74) is 0.858. The number of amides is 1. The molecule has 0 aliphatic rings. The van der Waals surface area contributed by atoms with E-state index in [0.29, 0.717) is 22.0 Å². The molecular weight excluding hydrogens is 396 g/mol. The fourth-order valence-electron chi connectivity index (χ4n) is 2.16. The van der Waals surface area contributed by atoms with Crippen molar-refractivity contribution >= 4 is 54.7 Å². The molecule has 116 valence electrons. The number of aromatic nitrogens is 1. The average Bonchev–Trinajstić information content (AvgIpc) is 3.12. The van der Waals surface area contributed by atoms with Crippen LogP contribution in [0.2, 0.25) is 0 Å². The van der Waals surface area contributed by atoms with Crippen molar-refractivity contribution in [2.75, 3.05) is 7.11 Å². The average molecular weight is 407 g/mol. The number of carbonyl (C=O) groups is 1. The van der Waals surface area contributed by atoms with Crippen molar-refractivity contribution in [3.8, 4) is 18.1 Å². The minimum atomic E-state index is -0.281. The first-order valence-corrected chi connectivity index (χ1v) is 9.01. The normalized spacial score (nSPS) is 11.6. The number of carbonyl (C=O) groups excluding carboxylic acids is 1. The van der Waals surface area contributed by atoms with Crippen LogP contribution in [-0.2, 0) is 6.54 Å². The van der Waals surface area contributed by atoms with Crippen LogP contribution >= 0.6 is 38.6 Å². The number of benzene rings is 1. The Morgan fingerprint density at radius 3 is 2.87 bits per heavy atom. The molecule has 4 nitrogen and oxygen atoms in total. The number of nitrogens with zero attached hydrogens (tertiary/aromatic N) is 2. The van der Waals surface area contributed by atoms with Gasteiger partial charge in [-0.3, -0.25) is 4.79 Å². The highest BCUT2D eigenvalue weighted by molar-refractivity contribution is 9.11. The van der Waals surface area contributed by atoms with Crippen molar-refractivity contribution in [2.45, 2.75) is 6.54 Å². The van der Waals surface area contributed by atoms with Crippen molar-refractivity contribution in [3.63, 3.8) is 0 Å². The zero-order valence-electron chi connectivity index (χ0n) is 12.1. The van der Waals surface area contributed by atoms with Crippen LogP contribution in [0.1, 0.15) is 9.67 Å². The van der Waals surface area contributed by atoms with E-state index in [1.807, 2.05) is 28.8 Å². The first-order chi connectivity index (χ1) is 11.1. The Bertz CT molecular complexity index is 992. The van der Waals surface area contributed by atoms with E-state index in [-0.39, 0.29) is 5.91 Å². The Morgan fingerprint density at radius 2 is 2.22 bits per heavy atom. The predicted octanol–water partition coefficient (Wildman–Crippen LogP) is 3.91. The lowest BCUT2D eigenvalue weighted by atomic mass is 10.3. The maximum absolute atomic E-state index is 12.3. The largest absolute Gasteiger partial charge is 0.495 e. The Kier molecular flexibility index (Phi) is 4.66. The van der Waals surface area contributed by atoms with Crippen molar-refractivity contribution in [1.29, 1.82) is 0 Å². The lowest BCUT2D eigenvalue weighted by molar-refractivity contribution is 0.100. The standard InChI is InChI=1S/C16H11BrN2O2S2/c1-3-9-19-14-10(21-2)5-4-6-11(14)23-16(19)18-15(20)12-7-8-13(17)22-12/h1,4-8H,9H2,2H3. The molecule has 0 spiro atoms. The van der Waals surface area contributed by atoms with E-state index in [9.17, 15) is 4.79 Å². The van der Waals surface area contributed by atoms with Gasteiger partial charge in [0, 0.05) is 0 Å². The highest BCUT2D eigenvalue weighted by atomic mass is 79.9. The van der Waals surface area contributed by atoms with Gasteiger partial charge in [0.05, 0.1) is 27.0 Å². The minimum absolute atomic E-state index is 0.281. The van der Waals surface area contributed by atoms with Gasteiger partial charge in [-0.25, -0.2) is 0 Å². The molecule has 0 unspecified atom stereocenters. The lowest BCUT2D eigenvalue weighted by Gasteiger charge is -2.05. The zero-order chi connectivity index (χ0) is 16.4. The van der Waals surface area contributed by atoms with E-state index in [0.717, 1.165) is 14.0 Å². The second-order valence-corrected chi connectivity index (χ2v) is 7.97. The van der Waals surface area contributed by atoms with Gasteiger partial charge >= 0.3 is 0 Å². The van der Waals surface area contributed by atoms with E-state index in [4.69, 9.17) is 11.2 Å². The molecule has 0 fully saturated rings. The summed E-state index contributed by atoms with van der Waals surface area (Å²) in [6.07, 6.45) is 5.48. The fraction of sp³-hybridized carbons (Fsp3) is 0.125. The molecule has 1 amide bonds. The molecule has 0 radical (unpaired) electrons. The maximum atomic E-state index is 12.3. The number of hydrogen-bond acceptors (Lipinski definition) is 4. The van der Waals surface area contributed by atoms with Crippen LogP contribution in [-0.4, -0.2) is 17.6 Å². The van der Waals surface area contributed by atoms with Crippen molar-refractivity contribution in [2.24, 2.45) is 4.99 Å². The van der Waals surface area contributed by atoms with Gasteiger partial charge in [0.1, 0.15) is 11.3 Å². The summed E-state index contributed by atoms with van der Waals surface area (Å²) in [4.78, 5) is 17.7. The first kappa shape index (κ1) is 16.0. The van der Waals surface area contributed by atoms with Crippen LogP contribution in [0.15, 0.2) is 39.1 Å². The number of hydrogen-bond donors (Lipinski definition) is 0. The molecule has 0 aliphatic heterocycles. The van der Waals surface area contributed by atoms with Crippen molar-refractivity contribution < 1.29 is 9.53 Å². The van der Waals surface area contributed by atoms with E-state index < -0.39 is 0 Å². The molecule has 3 rings (SSSR count). The third-order valence-electron chi connectivity index (χ3n) is 3.11. The van der Waals surface area contributed by atoms with Crippen molar-refractivity contribution in [3.05, 3.63) is 43.8 Å². The molecule has 23 heavy (non-hydrogen) atoms. The predicted molar refractivity (Wildman–Crippen MR) is 97.1 cm³/mol. The molecule has 0 bridgehead atoms. The number of terminal acetylenes is 1. The molecule has 3 aromatic rings. The number of para-hydroxylation sites is 1. The van der Waals surface area contributed by atoms with Crippen LogP contribution in [0.5, 0.6) is 5.75 Å². The third-order valence-corrected chi connectivity index (χ3v) is 5.77. The molecule has 2 heterocycles. The number of thiazole rings is 1. The zero-order valence-corrected chi connectivity index (χ0v) is 15.3. The smallest absolute Gasteiger partial charge is 0.289 e. The molecule has 2 aromatic heterocycles. The van der Waals surface area contributed by atoms with Crippen LogP contribution in [0.4, 0.5) is 0 Å². The molecule has 0 saturated carbocycles. The Balaban J connectivity index is 2.21. The number of ether oxygens (including phenoxy) is 1. The van der Waals surface area contributed by atoms with Gasteiger partial charge in [0.25, 0.3) is 5.91 Å². The van der Waals surface area contributed by atoms with E-state index in [2.05, 4.69) is 26.8 Å². The molecule has 0 saturated heterocycles. The fourth-order valence-corrected chi connectivity index (χ4v) is 4.47. The second kappa shape index (κ2) is 6.71. The highest BCUT2D eigenvalue weighted by Crippen LogP contribution is 2.27. The van der Waals surface area contributed by atoms with Gasteiger partial charge in [-0.05, 0) is 40.2 Å². The van der Waals surface area contributed by atoms with Gasteiger partial charge in [0.2, 0.25) is 0 Å². The number of rotatable bonds is 3. The van der Waals surface area contributed by atoms with E-state index in [1.54, 1.807) is 13.2 Å². The SMILES string of the molecule is C#CCn1c(=NC(=O)c2ccc(Br)s2)sc2cccc(OC)c21. The minimum Gasteiger partial charge on any atom is -0.495 e. The molecule has 0 atom stereocenters.